The number of hydrogen-bond acceptors (Lipinski definition) is 4. The van der Waals surface area contributed by atoms with Crippen LogP contribution in [0.15, 0.2) is 84.0 Å². The first-order chi connectivity index (χ1) is 16.1. The monoisotopic (exact) mass is 443 g/mol. The second-order valence-corrected chi connectivity index (χ2v) is 7.63. The number of hydrogen-bond donors (Lipinski definition) is 2. The van der Waals surface area contributed by atoms with E-state index in [2.05, 4.69) is 22.8 Å². The Morgan fingerprint density at radius 1 is 0.879 bits per heavy atom. The minimum absolute atomic E-state index is 0.0423. The van der Waals surface area contributed by atoms with E-state index in [1.54, 1.807) is 30.5 Å². The summed E-state index contributed by atoms with van der Waals surface area (Å²) < 4.78 is 5.81. The van der Waals surface area contributed by atoms with Gasteiger partial charge in [-0.3, -0.25) is 9.59 Å². The van der Waals surface area contributed by atoms with Gasteiger partial charge in [0.2, 0.25) is 5.91 Å². The summed E-state index contributed by atoms with van der Waals surface area (Å²) in [4.78, 5) is 24.5. The topological polar surface area (TPSA) is 79.8 Å². The number of ether oxygens (including phenoxy) is 1. The normalized spacial score (nSPS) is 10.7. The van der Waals surface area contributed by atoms with Gasteiger partial charge in [-0.25, -0.2) is 5.43 Å². The zero-order valence-electron chi connectivity index (χ0n) is 18.8. The van der Waals surface area contributed by atoms with Gasteiger partial charge < -0.3 is 10.1 Å². The maximum absolute atomic E-state index is 12.5. The van der Waals surface area contributed by atoms with Crippen molar-refractivity contribution in [3.63, 3.8) is 0 Å². The fourth-order valence-corrected chi connectivity index (χ4v) is 3.19. The lowest BCUT2D eigenvalue weighted by Gasteiger charge is -2.07. The average Bonchev–Trinajstić information content (AvgIpc) is 2.83. The first kappa shape index (κ1) is 23.7. The highest BCUT2D eigenvalue weighted by Crippen LogP contribution is 2.21. The molecule has 0 saturated heterocycles. The lowest BCUT2D eigenvalue weighted by Crippen LogP contribution is -2.18. The molecule has 0 spiro atoms. The van der Waals surface area contributed by atoms with Crippen LogP contribution >= 0.6 is 0 Å². The summed E-state index contributed by atoms with van der Waals surface area (Å²) in [5, 5.41) is 6.90. The molecule has 0 heterocycles. The molecule has 6 heteroatoms. The van der Waals surface area contributed by atoms with Crippen LogP contribution in [-0.2, 0) is 4.79 Å². The average molecular weight is 444 g/mol. The standard InChI is InChI=1S/C27H29N3O3/c1-2-3-4-8-17-26(31)29-23-13-10-12-22(19-23)27(32)30-28-20-21-11-9-16-25(18-21)33-24-14-6-5-7-15-24/h5-7,9-16,18-20H,2-4,8,17H2,1H3,(H,29,31)(H,30,32). The molecule has 0 bridgehead atoms. The van der Waals surface area contributed by atoms with Crippen LogP contribution in [0.5, 0.6) is 11.5 Å². The number of anilines is 1. The van der Waals surface area contributed by atoms with E-state index < -0.39 is 0 Å². The SMILES string of the molecule is CCCCCCC(=O)Nc1cccc(C(=O)NN=Cc2cccc(Oc3ccccc3)c2)c1. The predicted octanol–water partition coefficient (Wildman–Crippen LogP) is 6.15. The zero-order chi connectivity index (χ0) is 23.3. The molecule has 3 aromatic carbocycles. The van der Waals surface area contributed by atoms with Gasteiger partial charge in [0.25, 0.3) is 5.91 Å². The van der Waals surface area contributed by atoms with E-state index in [1.165, 1.54) is 0 Å². The molecule has 3 rings (SSSR count). The third-order valence-corrected chi connectivity index (χ3v) is 4.88. The quantitative estimate of drug-likeness (QED) is 0.212. The minimum atomic E-state index is -0.359. The molecule has 3 aromatic rings. The van der Waals surface area contributed by atoms with Crippen LogP contribution in [0.2, 0.25) is 0 Å². The van der Waals surface area contributed by atoms with E-state index in [0.29, 0.717) is 23.4 Å². The second-order valence-electron chi connectivity index (χ2n) is 7.63. The highest BCUT2D eigenvalue weighted by atomic mass is 16.5. The van der Waals surface area contributed by atoms with Crippen molar-refractivity contribution in [1.29, 1.82) is 0 Å². The number of amides is 2. The number of hydrazone groups is 1. The summed E-state index contributed by atoms with van der Waals surface area (Å²) in [7, 11) is 0. The first-order valence-corrected chi connectivity index (χ1v) is 11.2. The zero-order valence-corrected chi connectivity index (χ0v) is 18.8. The fourth-order valence-electron chi connectivity index (χ4n) is 3.19. The van der Waals surface area contributed by atoms with Crippen molar-refractivity contribution < 1.29 is 14.3 Å². The lowest BCUT2D eigenvalue weighted by molar-refractivity contribution is -0.116. The van der Waals surface area contributed by atoms with Gasteiger partial charge in [-0.2, -0.15) is 5.10 Å². The number of nitrogens with one attached hydrogen (secondary N) is 2. The maximum Gasteiger partial charge on any atom is 0.271 e. The van der Waals surface area contributed by atoms with Gasteiger partial charge in [0.15, 0.2) is 0 Å². The van der Waals surface area contributed by atoms with Crippen LogP contribution < -0.4 is 15.5 Å². The number of para-hydroxylation sites is 1. The summed E-state index contributed by atoms with van der Waals surface area (Å²) in [6.45, 7) is 2.14. The molecule has 0 saturated carbocycles. The molecule has 0 aliphatic heterocycles. The lowest BCUT2D eigenvalue weighted by atomic mass is 10.1. The Kier molecular flexibility index (Phi) is 9.21. The van der Waals surface area contributed by atoms with E-state index >= 15 is 0 Å². The van der Waals surface area contributed by atoms with E-state index in [9.17, 15) is 9.59 Å². The number of carbonyl (C=O) groups excluding carboxylic acids is 2. The molecule has 0 aromatic heterocycles. The third-order valence-electron chi connectivity index (χ3n) is 4.88. The first-order valence-electron chi connectivity index (χ1n) is 11.2. The van der Waals surface area contributed by atoms with Crippen molar-refractivity contribution in [1.82, 2.24) is 5.43 Å². The van der Waals surface area contributed by atoms with Crippen molar-refractivity contribution >= 4 is 23.7 Å². The molecule has 0 aliphatic carbocycles. The molecule has 33 heavy (non-hydrogen) atoms. The summed E-state index contributed by atoms with van der Waals surface area (Å²) >= 11 is 0. The predicted molar refractivity (Wildman–Crippen MR) is 132 cm³/mol. The van der Waals surface area contributed by atoms with Crippen LogP contribution in [-0.4, -0.2) is 18.0 Å². The van der Waals surface area contributed by atoms with Crippen LogP contribution in [0.25, 0.3) is 0 Å². The van der Waals surface area contributed by atoms with Crippen molar-refractivity contribution in [3.8, 4) is 11.5 Å². The molecular formula is C27H29N3O3. The summed E-state index contributed by atoms with van der Waals surface area (Å²) in [5.41, 5.74) is 4.32. The minimum Gasteiger partial charge on any atom is -0.457 e. The van der Waals surface area contributed by atoms with E-state index in [-0.39, 0.29) is 11.8 Å². The molecule has 0 fully saturated rings. The fraction of sp³-hybridized carbons (Fsp3) is 0.222. The maximum atomic E-state index is 12.5. The number of rotatable bonds is 11. The van der Waals surface area contributed by atoms with Gasteiger partial charge in [0.05, 0.1) is 6.21 Å². The van der Waals surface area contributed by atoms with Gasteiger partial charge >= 0.3 is 0 Å². The Balaban J connectivity index is 1.53. The molecule has 2 N–H and O–H groups in total. The van der Waals surface area contributed by atoms with Crippen molar-refractivity contribution in [2.45, 2.75) is 39.0 Å². The van der Waals surface area contributed by atoms with Crippen molar-refractivity contribution in [3.05, 3.63) is 90.0 Å². The molecule has 2 amide bonds. The summed E-state index contributed by atoms with van der Waals surface area (Å²) in [6, 6.07) is 23.7. The third kappa shape index (κ3) is 8.26. The Morgan fingerprint density at radius 2 is 1.67 bits per heavy atom. The Bertz CT molecular complexity index is 1080. The van der Waals surface area contributed by atoms with Crippen LogP contribution in [0, 0.1) is 0 Å². The summed E-state index contributed by atoms with van der Waals surface area (Å²) in [5.74, 6) is 1.02. The van der Waals surface area contributed by atoms with E-state index in [1.807, 2.05) is 54.6 Å². The summed E-state index contributed by atoms with van der Waals surface area (Å²) in [6.07, 6.45) is 6.21. The highest BCUT2D eigenvalue weighted by molar-refractivity contribution is 5.97. The van der Waals surface area contributed by atoms with Crippen LogP contribution in [0.1, 0.15) is 54.9 Å². The van der Waals surface area contributed by atoms with Crippen molar-refractivity contribution in [2.75, 3.05) is 5.32 Å². The Hall–Kier alpha value is -3.93. The van der Waals surface area contributed by atoms with Crippen LogP contribution in [0.3, 0.4) is 0 Å². The van der Waals surface area contributed by atoms with Crippen molar-refractivity contribution in [2.24, 2.45) is 5.10 Å². The molecular weight excluding hydrogens is 414 g/mol. The van der Waals surface area contributed by atoms with Crippen LogP contribution in [0.4, 0.5) is 5.69 Å². The van der Waals surface area contributed by atoms with Gasteiger partial charge in [0.1, 0.15) is 11.5 Å². The van der Waals surface area contributed by atoms with Gasteiger partial charge in [-0.15, -0.1) is 0 Å². The number of nitrogens with zero attached hydrogens (tertiary/aromatic N) is 1. The highest BCUT2D eigenvalue weighted by Gasteiger charge is 2.07. The number of carbonyl (C=O) groups is 2. The smallest absolute Gasteiger partial charge is 0.271 e. The van der Waals surface area contributed by atoms with E-state index in [4.69, 9.17) is 4.74 Å². The van der Waals surface area contributed by atoms with Gasteiger partial charge in [0, 0.05) is 17.7 Å². The van der Waals surface area contributed by atoms with Gasteiger partial charge in [-0.05, 0) is 54.4 Å². The van der Waals surface area contributed by atoms with E-state index in [0.717, 1.165) is 37.0 Å². The second kappa shape index (κ2) is 12.8. The Labute approximate surface area is 194 Å². The number of unbranched alkanes of at least 4 members (excludes halogenated alkanes) is 3. The molecule has 0 unspecified atom stereocenters. The number of benzene rings is 3. The molecule has 170 valence electrons. The molecule has 6 nitrogen and oxygen atoms in total. The Morgan fingerprint density at radius 3 is 2.48 bits per heavy atom. The molecule has 0 radical (unpaired) electrons. The largest absolute Gasteiger partial charge is 0.457 e. The molecule has 0 atom stereocenters. The molecule has 0 aliphatic rings. The van der Waals surface area contributed by atoms with Gasteiger partial charge in [-0.1, -0.05) is 62.6 Å².